The van der Waals surface area contributed by atoms with Gasteiger partial charge in [-0.25, -0.2) is 19.2 Å². The van der Waals surface area contributed by atoms with Crippen molar-refractivity contribution in [3.8, 4) is 17.1 Å². The van der Waals surface area contributed by atoms with Gasteiger partial charge >= 0.3 is 0 Å². The van der Waals surface area contributed by atoms with E-state index in [0.29, 0.717) is 27.1 Å². The van der Waals surface area contributed by atoms with E-state index in [1.807, 2.05) is 16.8 Å². The molecule has 0 N–H and O–H groups in total. The second kappa shape index (κ2) is 6.29. The molecule has 3 aromatic heterocycles. The molecule has 0 radical (unpaired) electrons. The molecular weight excluding hydrogens is 395 g/mol. The quantitative estimate of drug-likeness (QED) is 0.409. The van der Waals surface area contributed by atoms with Crippen LogP contribution in [0.25, 0.3) is 33.8 Å². The predicted octanol–water partition coefficient (Wildman–Crippen LogP) is 5.05. The molecule has 28 heavy (non-hydrogen) atoms. The first-order valence-electron chi connectivity index (χ1n) is 8.63. The third-order valence-electron chi connectivity index (χ3n) is 4.66. The van der Waals surface area contributed by atoms with Crippen molar-refractivity contribution >= 4 is 39.9 Å². The summed E-state index contributed by atoms with van der Waals surface area (Å²) in [6.07, 6.45) is 3.40. The zero-order chi connectivity index (χ0) is 19.4. The maximum atomic E-state index is 6.32. The number of fused-ring (bicyclic) bond motifs is 3. The van der Waals surface area contributed by atoms with E-state index >= 15 is 0 Å². The van der Waals surface area contributed by atoms with Gasteiger partial charge in [-0.2, -0.15) is 5.10 Å². The first kappa shape index (κ1) is 17.2. The lowest BCUT2D eigenvalue weighted by atomic mass is 10.1. The minimum absolute atomic E-state index is 0.499. The third-order valence-corrected chi connectivity index (χ3v) is 5.21. The van der Waals surface area contributed by atoms with Crippen molar-refractivity contribution in [3.63, 3.8) is 0 Å². The Balaban J connectivity index is 1.71. The molecule has 8 heteroatoms. The molecule has 0 spiro atoms. The maximum absolute atomic E-state index is 6.32. The van der Waals surface area contributed by atoms with Crippen LogP contribution in [0.15, 0.2) is 48.9 Å². The van der Waals surface area contributed by atoms with Crippen molar-refractivity contribution in [1.82, 2.24) is 29.4 Å². The van der Waals surface area contributed by atoms with E-state index < -0.39 is 0 Å². The maximum Gasteiger partial charge on any atom is 0.183 e. The Morgan fingerprint density at radius 3 is 2.61 bits per heavy atom. The van der Waals surface area contributed by atoms with Gasteiger partial charge in [0, 0.05) is 10.6 Å². The van der Waals surface area contributed by atoms with Gasteiger partial charge in [0.15, 0.2) is 17.1 Å². The summed E-state index contributed by atoms with van der Waals surface area (Å²) in [6.45, 7) is 4.13. The lowest BCUT2D eigenvalue weighted by Gasteiger charge is -2.07. The SMILES string of the molecule is Cc1ccc(-n2ncc3c2ncn2nc(-c4ccc(Cl)cc4Cl)nc32)c(C)c1. The smallest absolute Gasteiger partial charge is 0.183 e. The molecule has 0 unspecified atom stereocenters. The Hall–Kier alpha value is -2.96. The molecule has 0 atom stereocenters. The van der Waals surface area contributed by atoms with Gasteiger partial charge < -0.3 is 0 Å². The van der Waals surface area contributed by atoms with Crippen molar-refractivity contribution in [3.05, 3.63) is 70.1 Å². The average Bonchev–Trinajstić information content (AvgIpc) is 3.25. The molecule has 138 valence electrons. The highest BCUT2D eigenvalue weighted by Gasteiger charge is 2.16. The highest BCUT2D eigenvalue weighted by atomic mass is 35.5. The predicted molar refractivity (Wildman–Crippen MR) is 110 cm³/mol. The standard InChI is InChI=1S/C20H14Cl2N6/c1-11-3-6-17(12(2)7-11)28-19-15(9-24-28)20-25-18(26-27(20)10-23-19)14-5-4-13(21)8-16(14)22/h3-10H,1-2H3. The fraction of sp³-hybridized carbons (Fsp3) is 0.100. The van der Waals surface area contributed by atoms with Gasteiger partial charge in [0.25, 0.3) is 0 Å². The van der Waals surface area contributed by atoms with E-state index in [1.54, 1.807) is 29.2 Å². The zero-order valence-electron chi connectivity index (χ0n) is 15.1. The van der Waals surface area contributed by atoms with Crippen LogP contribution < -0.4 is 0 Å². The van der Waals surface area contributed by atoms with Crippen LogP contribution in [0.2, 0.25) is 10.0 Å². The van der Waals surface area contributed by atoms with Crippen LogP contribution in [-0.2, 0) is 0 Å². The lowest BCUT2D eigenvalue weighted by Crippen LogP contribution is -2.01. The Morgan fingerprint density at radius 1 is 0.964 bits per heavy atom. The molecule has 5 rings (SSSR count). The summed E-state index contributed by atoms with van der Waals surface area (Å²) >= 11 is 12.3. The number of halogens is 2. The summed E-state index contributed by atoms with van der Waals surface area (Å²) in [5.41, 5.74) is 5.42. The molecular formula is C20H14Cl2N6. The van der Waals surface area contributed by atoms with Crippen LogP contribution in [0.1, 0.15) is 11.1 Å². The Morgan fingerprint density at radius 2 is 1.82 bits per heavy atom. The number of rotatable bonds is 2. The molecule has 0 amide bonds. The minimum Gasteiger partial charge on any atom is -0.216 e. The van der Waals surface area contributed by atoms with Crippen LogP contribution in [0.3, 0.4) is 0 Å². The summed E-state index contributed by atoms with van der Waals surface area (Å²) in [7, 11) is 0. The molecule has 0 saturated heterocycles. The van der Waals surface area contributed by atoms with Gasteiger partial charge in [-0.1, -0.05) is 40.9 Å². The monoisotopic (exact) mass is 408 g/mol. The highest BCUT2D eigenvalue weighted by molar-refractivity contribution is 6.36. The molecule has 0 saturated carbocycles. The number of benzene rings is 2. The van der Waals surface area contributed by atoms with Crippen LogP contribution in [-0.4, -0.2) is 29.4 Å². The molecule has 6 nitrogen and oxygen atoms in total. The molecule has 3 heterocycles. The van der Waals surface area contributed by atoms with Crippen LogP contribution in [0.4, 0.5) is 0 Å². The van der Waals surface area contributed by atoms with Gasteiger partial charge in [0.2, 0.25) is 0 Å². The van der Waals surface area contributed by atoms with E-state index in [1.165, 1.54) is 5.56 Å². The van der Waals surface area contributed by atoms with E-state index in [-0.39, 0.29) is 0 Å². The lowest BCUT2D eigenvalue weighted by molar-refractivity contribution is 0.876. The van der Waals surface area contributed by atoms with Crippen molar-refractivity contribution in [2.75, 3.05) is 0 Å². The first-order chi connectivity index (χ1) is 13.5. The topological polar surface area (TPSA) is 60.9 Å². The Kier molecular flexibility index (Phi) is 3.86. The van der Waals surface area contributed by atoms with Gasteiger partial charge in [-0.15, -0.1) is 5.10 Å². The molecule has 2 aromatic carbocycles. The summed E-state index contributed by atoms with van der Waals surface area (Å²) in [4.78, 5) is 9.24. The second-order valence-electron chi connectivity index (χ2n) is 6.66. The number of hydrogen-bond donors (Lipinski definition) is 0. The fourth-order valence-corrected chi connectivity index (χ4v) is 3.82. The number of nitrogens with zero attached hydrogens (tertiary/aromatic N) is 6. The van der Waals surface area contributed by atoms with Gasteiger partial charge in [-0.3, -0.25) is 0 Å². The number of aryl methyl sites for hydroxylation is 2. The molecule has 0 aliphatic carbocycles. The zero-order valence-corrected chi connectivity index (χ0v) is 16.6. The molecule has 0 aliphatic rings. The van der Waals surface area contributed by atoms with Crippen molar-refractivity contribution in [2.45, 2.75) is 13.8 Å². The summed E-state index contributed by atoms with van der Waals surface area (Å²) in [5, 5.41) is 10.9. The largest absolute Gasteiger partial charge is 0.216 e. The summed E-state index contributed by atoms with van der Waals surface area (Å²) in [6, 6.07) is 11.5. The highest BCUT2D eigenvalue weighted by Crippen LogP contribution is 2.30. The van der Waals surface area contributed by atoms with E-state index in [0.717, 1.165) is 22.3 Å². The van der Waals surface area contributed by atoms with Crippen molar-refractivity contribution in [1.29, 1.82) is 0 Å². The molecule has 5 aromatic rings. The average molecular weight is 409 g/mol. The molecule has 0 aliphatic heterocycles. The third kappa shape index (κ3) is 2.65. The second-order valence-corrected chi connectivity index (χ2v) is 7.50. The molecule has 0 bridgehead atoms. The Bertz CT molecular complexity index is 1370. The van der Waals surface area contributed by atoms with Gasteiger partial charge in [-0.05, 0) is 43.7 Å². The van der Waals surface area contributed by atoms with E-state index in [9.17, 15) is 0 Å². The summed E-state index contributed by atoms with van der Waals surface area (Å²) in [5.74, 6) is 0.509. The van der Waals surface area contributed by atoms with Crippen molar-refractivity contribution in [2.24, 2.45) is 0 Å². The Labute approximate surface area is 170 Å². The van der Waals surface area contributed by atoms with E-state index in [2.05, 4.69) is 46.1 Å². The van der Waals surface area contributed by atoms with Crippen LogP contribution in [0.5, 0.6) is 0 Å². The van der Waals surface area contributed by atoms with Gasteiger partial charge in [0.05, 0.1) is 22.3 Å². The van der Waals surface area contributed by atoms with Crippen molar-refractivity contribution < 1.29 is 0 Å². The minimum atomic E-state index is 0.499. The summed E-state index contributed by atoms with van der Waals surface area (Å²) < 4.78 is 3.46. The fourth-order valence-electron chi connectivity index (χ4n) is 3.33. The van der Waals surface area contributed by atoms with E-state index in [4.69, 9.17) is 23.2 Å². The van der Waals surface area contributed by atoms with Crippen LogP contribution in [0, 0.1) is 13.8 Å². The number of hydrogen-bond acceptors (Lipinski definition) is 4. The molecule has 0 fully saturated rings. The number of aromatic nitrogens is 6. The van der Waals surface area contributed by atoms with Crippen LogP contribution >= 0.6 is 23.2 Å². The first-order valence-corrected chi connectivity index (χ1v) is 9.39. The van der Waals surface area contributed by atoms with Gasteiger partial charge in [0.1, 0.15) is 6.33 Å². The normalized spacial score (nSPS) is 11.6.